The summed E-state index contributed by atoms with van der Waals surface area (Å²) in [5.41, 5.74) is 1.02. The summed E-state index contributed by atoms with van der Waals surface area (Å²) in [5.74, 6) is -0.411. The smallest absolute Gasteiger partial charge is 0.277 e. The number of ether oxygens (including phenoxy) is 1. The Balaban J connectivity index is 2.16. The molecular formula is C18H22N2O5S. The molecule has 0 fully saturated rings. The third-order valence-electron chi connectivity index (χ3n) is 4.87. The van der Waals surface area contributed by atoms with Gasteiger partial charge in [0.05, 0.1) is 16.8 Å². The molecule has 0 aliphatic carbocycles. The summed E-state index contributed by atoms with van der Waals surface area (Å²) >= 11 is 0. The molecule has 1 aromatic heterocycles. The zero-order chi connectivity index (χ0) is 19.2. The Morgan fingerprint density at radius 3 is 2.58 bits per heavy atom. The number of H-pyrrole nitrogens is 1. The molecule has 1 N–H and O–H groups in total. The van der Waals surface area contributed by atoms with Crippen LogP contribution in [0.2, 0.25) is 0 Å². The van der Waals surface area contributed by atoms with Crippen molar-refractivity contribution in [2.75, 3.05) is 12.9 Å². The fraction of sp³-hybridized carbons (Fsp3) is 0.444. The second kappa shape index (κ2) is 6.51. The number of carbonyl (C=O) groups is 1. The van der Waals surface area contributed by atoms with Gasteiger partial charge in [0.15, 0.2) is 15.6 Å². The summed E-state index contributed by atoms with van der Waals surface area (Å²) in [6.45, 7) is 5.38. The first-order valence-electron chi connectivity index (χ1n) is 8.42. The van der Waals surface area contributed by atoms with Gasteiger partial charge in [-0.25, -0.2) is 8.42 Å². The summed E-state index contributed by atoms with van der Waals surface area (Å²) in [6, 6.07) is 2.83. The average molecular weight is 378 g/mol. The van der Waals surface area contributed by atoms with Gasteiger partial charge in [0.2, 0.25) is 0 Å². The van der Waals surface area contributed by atoms with Gasteiger partial charge in [0.25, 0.3) is 5.56 Å². The predicted octanol–water partition coefficient (Wildman–Crippen LogP) is 2.16. The standard InChI is InChI=1S/C18H22N2O5S/c1-10(2)20-18(22)13(9-19-20)17(21)12-5-6-15-16(11(12)3)14(25-4)7-8-26(15,23)24/h5-6,9-10,14,19H,7-8H2,1-4H3. The van der Waals surface area contributed by atoms with E-state index in [0.717, 1.165) is 0 Å². The molecular weight excluding hydrogens is 356 g/mol. The van der Waals surface area contributed by atoms with Crippen LogP contribution >= 0.6 is 0 Å². The van der Waals surface area contributed by atoms with E-state index in [4.69, 9.17) is 4.74 Å². The number of aromatic nitrogens is 2. The van der Waals surface area contributed by atoms with Crippen LogP contribution in [0.5, 0.6) is 0 Å². The minimum absolute atomic E-state index is 0.0160. The van der Waals surface area contributed by atoms with Gasteiger partial charge in [0, 0.05) is 30.5 Å². The highest BCUT2D eigenvalue weighted by molar-refractivity contribution is 7.91. The summed E-state index contributed by atoms with van der Waals surface area (Å²) in [7, 11) is -1.87. The van der Waals surface area contributed by atoms with E-state index in [1.807, 2.05) is 13.8 Å². The minimum Gasteiger partial charge on any atom is -0.377 e. The lowest BCUT2D eigenvalue weighted by Gasteiger charge is -2.27. The first kappa shape index (κ1) is 18.6. The number of methoxy groups -OCH3 is 1. The molecule has 0 bridgehead atoms. The number of nitrogens with one attached hydrogen (secondary N) is 1. The van der Waals surface area contributed by atoms with Crippen LogP contribution in [0.4, 0.5) is 0 Å². The Morgan fingerprint density at radius 1 is 1.31 bits per heavy atom. The summed E-state index contributed by atoms with van der Waals surface area (Å²) in [6.07, 6.45) is 1.35. The topological polar surface area (TPSA) is 98.2 Å². The van der Waals surface area contributed by atoms with Crippen LogP contribution < -0.4 is 5.56 Å². The van der Waals surface area contributed by atoms with Gasteiger partial charge >= 0.3 is 0 Å². The van der Waals surface area contributed by atoms with E-state index in [9.17, 15) is 18.0 Å². The first-order chi connectivity index (χ1) is 12.2. The second-order valence-electron chi connectivity index (χ2n) is 6.77. The van der Waals surface area contributed by atoms with Crippen molar-refractivity contribution in [1.82, 2.24) is 9.78 Å². The molecule has 8 heteroatoms. The molecule has 1 aromatic carbocycles. The van der Waals surface area contributed by atoms with E-state index < -0.39 is 21.2 Å². The molecule has 0 radical (unpaired) electrons. The Morgan fingerprint density at radius 2 is 2.00 bits per heavy atom. The van der Waals surface area contributed by atoms with Crippen LogP contribution in [0.3, 0.4) is 0 Å². The quantitative estimate of drug-likeness (QED) is 0.822. The van der Waals surface area contributed by atoms with E-state index in [1.54, 1.807) is 6.92 Å². The highest BCUT2D eigenvalue weighted by Crippen LogP contribution is 2.37. The second-order valence-corrected chi connectivity index (χ2v) is 8.84. The monoisotopic (exact) mass is 378 g/mol. The van der Waals surface area contributed by atoms with E-state index in [2.05, 4.69) is 5.10 Å². The van der Waals surface area contributed by atoms with Crippen molar-refractivity contribution in [3.63, 3.8) is 0 Å². The third kappa shape index (κ3) is 2.83. The van der Waals surface area contributed by atoms with Crippen LogP contribution in [-0.4, -0.2) is 36.8 Å². The lowest BCUT2D eigenvalue weighted by molar-refractivity contribution is 0.0952. The molecule has 1 unspecified atom stereocenters. The maximum absolute atomic E-state index is 12.9. The van der Waals surface area contributed by atoms with Gasteiger partial charge in [-0.05, 0) is 44.9 Å². The summed E-state index contributed by atoms with van der Waals surface area (Å²) in [4.78, 5) is 25.6. The number of rotatable bonds is 4. The molecule has 2 aromatic rings. The lowest BCUT2D eigenvalue weighted by Crippen LogP contribution is -2.25. The van der Waals surface area contributed by atoms with Crippen molar-refractivity contribution < 1.29 is 17.9 Å². The zero-order valence-corrected chi connectivity index (χ0v) is 16.0. The molecule has 0 spiro atoms. The van der Waals surface area contributed by atoms with Crippen molar-refractivity contribution in [2.24, 2.45) is 0 Å². The highest BCUT2D eigenvalue weighted by atomic mass is 32.2. The Hall–Kier alpha value is -2.19. The lowest BCUT2D eigenvalue weighted by atomic mass is 9.93. The molecule has 0 amide bonds. The van der Waals surface area contributed by atoms with Gasteiger partial charge < -0.3 is 9.84 Å². The van der Waals surface area contributed by atoms with E-state index >= 15 is 0 Å². The van der Waals surface area contributed by atoms with Gasteiger partial charge in [0.1, 0.15) is 5.56 Å². The number of benzene rings is 1. The van der Waals surface area contributed by atoms with Crippen LogP contribution in [0.25, 0.3) is 0 Å². The van der Waals surface area contributed by atoms with Gasteiger partial charge in [-0.2, -0.15) is 0 Å². The fourth-order valence-corrected chi connectivity index (χ4v) is 5.09. The van der Waals surface area contributed by atoms with Crippen LogP contribution in [0, 0.1) is 6.92 Å². The van der Waals surface area contributed by atoms with Crippen molar-refractivity contribution in [3.8, 4) is 0 Å². The third-order valence-corrected chi connectivity index (χ3v) is 6.67. The van der Waals surface area contributed by atoms with Crippen molar-refractivity contribution in [2.45, 2.75) is 44.2 Å². The van der Waals surface area contributed by atoms with Gasteiger partial charge in [-0.15, -0.1) is 0 Å². The molecule has 3 rings (SSSR count). The molecule has 140 valence electrons. The number of nitrogens with zero attached hydrogens (tertiary/aromatic N) is 1. The maximum atomic E-state index is 12.9. The van der Waals surface area contributed by atoms with E-state index in [-0.39, 0.29) is 28.4 Å². The van der Waals surface area contributed by atoms with Crippen molar-refractivity contribution in [3.05, 3.63) is 50.9 Å². The Bertz CT molecular complexity index is 1030. The Kier molecular flexibility index (Phi) is 4.66. The molecule has 26 heavy (non-hydrogen) atoms. The molecule has 1 aliphatic heterocycles. The number of sulfone groups is 1. The van der Waals surface area contributed by atoms with Crippen LogP contribution in [0.1, 0.15) is 59.5 Å². The van der Waals surface area contributed by atoms with Gasteiger partial charge in [-0.3, -0.25) is 14.3 Å². The largest absolute Gasteiger partial charge is 0.377 e. The molecule has 0 saturated carbocycles. The van der Waals surface area contributed by atoms with Crippen LogP contribution in [-0.2, 0) is 14.6 Å². The molecule has 0 saturated heterocycles. The number of hydrogen-bond acceptors (Lipinski definition) is 5. The molecule has 1 atom stereocenters. The zero-order valence-electron chi connectivity index (χ0n) is 15.2. The number of fused-ring (bicyclic) bond motifs is 1. The maximum Gasteiger partial charge on any atom is 0.277 e. The van der Waals surface area contributed by atoms with Crippen molar-refractivity contribution in [1.29, 1.82) is 0 Å². The van der Waals surface area contributed by atoms with Crippen molar-refractivity contribution >= 4 is 15.6 Å². The van der Waals surface area contributed by atoms with E-state index in [1.165, 1.54) is 30.1 Å². The first-order valence-corrected chi connectivity index (χ1v) is 10.1. The van der Waals surface area contributed by atoms with Gasteiger partial charge in [-0.1, -0.05) is 0 Å². The molecule has 2 heterocycles. The number of aromatic amines is 1. The average Bonchev–Trinajstić information content (AvgIpc) is 2.97. The predicted molar refractivity (Wildman–Crippen MR) is 96.5 cm³/mol. The number of ketones is 1. The highest BCUT2D eigenvalue weighted by Gasteiger charge is 2.33. The fourth-order valence-electron chi connectivity index (χ4n) is 3.45. The minimum atomic E-state index is -3.39. The Labute approximate surface area is 151 Å². The number of carbonyl (C=O) groups excluding carboxylic acids is 1. The normalized spacial score (nSPS) is 18.7. The van der Waals surface area contributed by atoms with E-state index in [0.29, 0.717) is 23.1 Å². The number of hydrogen-bond donors (Lipinski definition) is 1. The molecule has 7 nitrogen and oxygen atoms in total. The summed E-state index contributed by atoms with van der Waals surface area (Å²) in [5, 5.41) is 2.80. The molecule has 1 aliphatic rings. The SMILES string of the molecule is COC1CCS(=O)(=O)c2ccc(C(=O)c3c[nH]n(C(C)C)c3=O)c(C)c21. The summed E-state index contributed by atoms with van der Waals surface area (Å²) < 4.78 is 31.6. The van der Waals surface area contributed by atoms with Crippen LogP contribution in [0.15, 0.2) is 28.0 Å².